The van der Waals surface area contributed by atoms with E-state index in [1.54, 1.807) is 0 Å². The Balaban J connectivity index is 1.92. The van der Waals surface area contributed by atoms with E-state index in [0.29, 0.717) is 17.2 Å². The van der Waals surface area contributed by atoms with E-state index >= 15 is 0 Å². The van der Waals surface area contributed by atoms with Crippen LogP contribution in [0.3, 0.4) is 0 Å². The number of nitrogens with two attached hydrogens (primary N) is 1. The molecule has 6 nitrogen and oxygen atoms in total. The first-order valence-corrected chi connectivity index (χ1v) is 7.91. The Labute approximate surface area is 124 Å². The molecule has 1 fully saturated rings. The lowest BCUT2D eigenvalue weighted by Gasteiger charge is -2.13. The molecule has 2 heterocycles. The molecule has 7 heteroatoms. The number of thiazole rings is 1. The Kier molecular flexibility index (Phi) is 5.19. The summed E-state index contributed by atoms with van der Waals surface area (Å²) in [5, 5.41) is 3.77. The van der Waals surface area contributed by atoms with Crippen LogP contribution in [0.2, 0.25) is 0 Å². The summed E-state index contributed by atoms with van der Waals surface area (Å²) in [5.41, 5.74) is 5.87. The van der Waals surface area contributed by atoms with E-state index in [1.807, 2.05) is 7.05 Å². The molecule has 1 aliphatic rings. The van der Waals surface area contributed by atoms with Crippen molar-refractivity contribution in [1.82, 2.24) is 15.2 Å². The van der Waals surface area contributed by atoms with Gasteiger partial charge < -0.3 is 20.9 Å². The molecular weight excluding hydrogens is 274 g/mol. The highest BCUT2D eigenvalue weighted by Gasteiger charge is 2.21. The summed E-state index contributed by atoms with van der Waals surface area (Å²) in [5.74, 6) is 0.230. The van der Waals surface area contributed by atoms with E-state index < -0.39 is 0 Å². The number of hydrogen-bond acceptors (Lipinski definition) is 6. The highest BCUT2D eigenvalue weighted by Crippen LogP contribution is 2.30. The summed E-state index contributed by atoms with van der Waals surface area (Å²) >= 11 is 1.39. The molecule has 0 spiro atoms. The van der Waals surface area contributed by atoms with Gasteiger partial charge in [-0.25, -0.2) is 4.98 Å². The molecule has 0 atom stereocenters. The second-order valence-electron chi connectivity index (χ2n) is 5.06. The topological polar surface area (TPSA) is 74.5 Å². The number of anilines is 2. The normalized spacial score (nSPS) is 15.1. The minimum Gasteiger partial charge on any atom is -0.382 e. The molecule has 1 saturated heterocycles. The SMILES string of the molecule is CCN(C)CCNC(=O)c1sc(N2CCCC2)nc1N. The second kappa shape index (κ2) is 6.90. The summed E-state index contributed by atoms with van der Waals surface area (Å²) in [6.07, 6.45) is 2.37. The number of likely N-dealkylation sites (N-methyl/N-ethyl adjacent to an activating group) is 1. The van der Waals surface area contributed by atoms with E-state index in [2.05, 4.69) is 27.0 Å². The molecule has 0 aliphatic carbocycles. The Morgan fingerprint density at radius 2 is 2.20 bits per heavy atom. The number of carbonyl (C=O) groups is 1. The predicted octanol–water partition coefficient (Wildman–Crippen LogP) is 1.01. The van der Waals surface area contributed by atoms with Crippen LogP contribution in [0.1, 0.15) is 29.4 Å². The number of carbonyl (C=O) groups excluding carboxylic acids is 1. The first-order valence-electron chi connectivity index (χ1n) is 7.09. The van der Waals surface area contributed by atoms with Gasteiger partial charge in [0.15, 0.2) is 5.13 Å². The van der Waals surface area contributed by atoms with Crippen LogP contribution >= 0.6 is 11.3 Å². The Hall–Kier alpha value is -1.34. The van der Waals surface area contributed by atoms with E-state index in [-0.39, 0.29) is 5.91 Å². The zero-order chi connectivity index (χ0) is 14.5. The summed E-state index contributed by atoms with van der Waals surface area (Å²) < 4.78 is 0. The van der Waals surface area contributed by atoms with Gasteiger partial charge >= 0.3 is 0 Å². The molecule has 0 bridgehead atoms. The molecule has 1 aromatic rings. The molecule has 3 N–H and O–H groups in total. The van der Waals surface area contributed by atoms with E-state index in [1.165, 1.54) is 24.2 Å². The standard InChI is InChI=1S/C13H23N5OS/c1-3-17(2)9-6-15-12(19)10-11(14)16-13(20-10)18-7-4-5-8-18/h3-9,14H2,1-2H3,(H,15,19). The highest BCUT2D eigenvalue weighted by atomic mass is 32.1. The van der Waals surface area contributed by atoms with Crippen molar-refractivity contribution in [3.8, 4) is 0 Å². The fraction of sp³-hybridized carbons (Fsp3) is 0.692. The molecule has 0 radical (unpaired) electrons. The van der Waals surface area contributed by atoms with Crippen molar-refractivity contribution in [2.45, 2.75) is 19.8 Å². The van der Waals surface area contributed by atoms with Crippen molar-refractivity contribution in [3.05, 3.63) is 4.88 Å². The predicted molar refractivity (Wildman–Crippen MR) is 83.5 cm³/mol. The van der Waals surface area contributed by atoms with E-state index in [4.69, 9.17) is 5.73 Å². The first kappa shape index (κ1) is 15.1. The molecular formula is C13H23N5OS. The third kappa shape index (κ3) is 3.61. The fourth-order valence-corrected chi connectivity index (χ4v) is 3.08. The summed E-state index contributed by atoms with van der Waals surface area (Å²) in [6, 6.07) is 0. The van der Waals surface area contributed by atoms with Crippen molar-refractivity contribution in [2.75, 3.05) is 50.4 Å². The molecule has 1 aromatic heterocycles. The molecule has 0 aromatic carbocycles. The van der Waals surface area contributed by atoms with Crippen LogP contribution in [0, 0.1) is 0 Å². The third-order valence-electron chi connectivity index (χ3n) is 3.54. The average molecular weight is 297 g/mol. The van der Waals surface area contributed by atoms with Gasteiger partial charge in [0.05, 0.1) is 0 Å². The zero-order valence-corrected chi connectivity index (χ0v) is 13.0. The largest absolute Gasteiger partial charge is 0.382 e. The smallest absolute Gasteiger partial charge is 0.265 e. The Morgan fingerprint density at radius 1 is 1.50 bits per heavy atom. The minimum atomic E-state index is -0.116. The van der Waals surface area contributed by atoms with Crippen LogP contribution in [-0.2, 0) is 0 Å². The Morgan fingerprint density at radius 3 is 2.85 bits per heavy atom. The van der Waals surface area contributed by atoms with Gasteiger partial charge in [-0.3, -0.25) is 4.79 Å². The maximum Gasteiger partial charge on any atom is 0.265 e. The lowest BCUT2D eigenvalue weighted by Crippen LogP contribution is -2.32. The van der Waals surface area contributed by atoms with Crippen molar-refractivity contribution in [3.63, 3.8) is 0 Å². The van der Waals surface area contributed by atoms with Gasteiger partial charge in [-0.15, -0.1) is 0 Å². The average Bonchev–Trinajstić information content (AvgIpc) is 3.07. The first-order chi connectivity index (χ1) is 9.61. The molecule has 0 saturated carbocycles. The van der Waals surface area contributed by atoms with Gasteiger partial charge in [-0.05, 0) is 26.4 Å². The number of nitrogen functional groups attached to an aromatic ring is 1. The number of amides is 1. The Bertz CT molecular complexity index is 456. The van der Waals surface area contributed by atoms with Gasteiger partial charge in [0, 0.05) is 26.2 Å². The molecule has 1 aliphatic heterocycles. The zero-order valence-electron chi connectivity index (χ0n) is 12.2. The number of hydrogen-bond donors (Lipinski definition) is 2. The van der Waals surface area contributed by atoms with Crippen LogP contribution in [0.15, 0.2) is 0 Å². The van der Waals surface area contributed by atoms with Crippen molar-refractivity contribution in [1.29, 1.82) is 0 Å². The van der Waals surface area contributed by atoms with Gasteiger partial charge in [-0.2, -0.15) is 0 Å². The van der Waals surface area contributed by atoms with Crippen LogP contribution in [-0.4, -0.2) is 55.6 Å². The van der Waals surface area contributed by atoms with Gasteiger partial charge in [0.1, 0.15) is 10.7 Å². The fourth-order valence-electron chi connectivity index (χ4n) is 2.13. The molecule has 1 amide bonds. The van der Waals surface area contributed by atoms with Crippen LogP contribution in [0.25, 0.3) is 0 Å². The molecule has 112 valence electrons. The quantitative estimate of drug-likeness (QED) is 0.819. The molecule has 2 rings (SSSR count). The van der Waals surface area contributed by atoms with Crippen molar-refractivity contribution >= 4 is 28.2 Å². The molecule has 20 heavy (non-hydrogen) atoms. The van der Waals surface area contributed by atoms with Crippen LogP contribution in [0.5, 0.6) is 0 Å². The lowest BCUT2D eigenvalue weighted by molar-refractivity contribution is 0.0955. The lowest BCUT2D eigenvalue weighted by atomic mass is 10.4. The van der Waals surface area contributed by atoms with Gasteiger partial charge in [-0.1, -0.05) is 18.3 Å². The maximum atomic E-state index is 12.1. The number of aromatic nitrogens is 1. The van der Waals surface area contributed by atoms with Crippen LogP contribution < -0.4 is 16.0 Å². The summed E-state index contributed by atoms with van der Waals surface area (Å²) in [6.45, 7) is 6.53. The summed E-state index contributed by atoms with van der Waals surface area (Å²) in [4.78, 5) is 21.3. The van der Waals surface area contributed by atoms with Gasteiger partial charge in [0.25, 0.3) is 5.91 Å². The van der Waals surface area contributed by atoms with Crippen molar-refractivity contribution < 1.29 is 4.79 Å². The maximum absolute atomic E-state index is 12.1. The van der Waals surface area contributed by atoms with Crippen molar-refractivity contribution in [2.24, 2.45) is 0 Å². The number of nitrogens with one attached hydrogen (secondary N) is 1. The van der Waals surface area contributed by atoms with E-state index in [9.17, 15) is 4.79 Å². The van der Waals surface area contributed by atoms with E-state index in [0.717, 1.165) is 31.3 Å². The number of nitrogens with zero attached hydrogens (tertiary/aromatic N) is 3. The highest BCUT2D eigenvalue weighted by molar-refractivity contribution is 7.18. The van der Waals surface area contributed by atoms with Crippen LogP contribution in [0.4, 0.5) is 10.9 Å². The third-order valence-corrected chi connectivity index (χ3v) is 4.67. The number of rotatable bonds is 6. The monoisotopic (exact) mass is 297 g/mol. The minimum absolute atomic E-state index is 0.116. The second-order valence-corrected chi connectivity index (χ2v) is 6.03. The molecule has 0 unspecified atom stereocenters. The van der Waals surface area contributed by atoms with Gasteiger partial charge in [0.2, 0.25) is 0 Å². The summed E-state index contributed by atoms with van der Waals surface area (Å²) in [7, 11) is 2.03.